The summed E-state index contributed by atoms with van der Waals surface area (Å²) in [6.45, 7) is -0.744. The van der Waals surface area contributed by atoms with Gasteiger partial charge in [0.1, 0.15) is 13.1 Å². The molecule has 0 atom stereocenters. The zero-order valence-corrected chi connectivity index (χ0v) is 43.9. The molecule has 71 heavy (non-hydrogen) atoms. The van der Waals surface area contributed by atoms with Crippen molar-refractivity contribution in [2.75, 3.05) is 13.1 Å². The Morgan fingerprint density at radius 2 is 0.549 bits per heavy atom. The first-order valence-corrected chi connectivity index (χ1v) is 26.4. The van der Waals surface area contributed by atoms with Crippen LogP contribution < -0.4 is 0 Å². The maximum Gasteiger partial charge on any atom is 0.306 e. The Balaban J connectivity index is 5.35. The minimum Gasteiger partial charge on any atom is -0.462 e. The molecule has 0 aromatic carbocycles. The van der Waals surface area contributed by atoms with Crippen LogP contribution in [0.1, 0.15) is 182 Å². The monoisotopic (exact) mass is 976 g/mol. The van der Waals surface area contributed by atoms with Gasteiger partial charge in [-0.1, -0.05) is 215 Å². The van der Waals surface area contributed by atoms with Crippen LogP contribution in [0.25, 0.3) is 0 Å². The van der Waals surface area contributed by atoms with Gasteiger partial charge in [0.05, 0.1) is 6.85 Å². The van der Waals surface area contributed by atoms with Crippen LogP contribution in [-0.4, -0.2) is 37.1 Å². The lowest BCUT2D eigenvalue weighted by atomic mass is 10.2. The molecule has 6 nitrogen and oxygen atoms in total. The van der Waals surface area contributed by atoms with Crippen molar-refractivity contribution in [1.82, 2.24) is 0 Å². The molecule has 0 saturated carbocycles. The zero-order valence-electron chi connectivity index (χ0n) is 48.9. The van der Waals surface area contributed by atoms with Crippen molar-refractivity contribution < 1.29 is 35.4 Å². The molecule has 0 bridgehead atoms. The highest BCUT2D eigenvalue weighted by atomic mass is 16.6. The fraction of sp³-hybridized carbons (Fsp3) is 0.462. The smallest absolute Gasteiger partial charge is 0.306 e. The first kappa shape index (κ1) is 56.2. The molecular formula is C65H94O6. The van der Waals surface area contributed by atoms with Crippen LogP contribution >= 0.6 is 0 Å². The van der Waals surface area contributed by atoms with Crippen LogP contribution in [0.5, 0.6) is 0 Å². The Kier molecular flexibility index (Phi) is 45.0. The van der Waals surface area contributed by atoms with Crippen molar-refractivity contribution >= 4 is 17.9 Å². The van der Waals surface area contributed by atoms with Gasteiger partial charge in [-0.25, -0.2) is 0 Å². The van der Waals surface area contributed by atoms with Crippen molar-refractivity contribution in [3.05, 3.63) is 194 Å². The van der Waals surface area contributed by atoms with Crippen LogP contribution in [0.2, 0.25) is 0 Å². The van der Waals surface area contributed by atoms with Gasteiger partial charge in [-0.05, 0) is 135 Å². The molecule has 6 heteroatoms. The SMILES string of the molecule is [2H]C([2H])(OC(=O)CCC/C=C\C/C=C\C/C=C\C/C=C\C/C=C\CC)C([2H])(OC(=O)CC/C=C\C/C=C\C/C=C\C/C=C\C/C=C\C/C=C\CC)C([2H])([2H])OC(=O)CCC/C=C\C/C=C\C/C=C\C/C=C\C/C=C\CC. The molecule has 0 aromatic heterocycles. The van der Waals surface area contributed by atoms with Gasteiger partial charge in [0, 0.05) is 19.3 Å². The molecule has 0 aliphatic rings. The molecule has 0 aliphatic heterocycles. The summed E-state index contributed by atoms with van der Waals surface area (Å²) in [5, 5.41) is 0. The number of esters is 3. The Morgan fingerprint density at radius 3 is 0.803 bits per heavy atom. The van der Waals surface area contributed by atoms with Gasteiger partial charge < -0.3 is 14.2 Å². The highest BCUT2D eigenvalue weighted by Gasteiger charge is 2.19. The second-order valence-electron chi connectivity index (χ2n) is 16.1. The maximum absolute atomic E-state index is 13.1. The van der Waals surface area contributed by atoms with Crippen molar-refractivity contribution in [3.63, 3.8) is 0 Å². The topological polar surface area (TPSA) is 78.9 Å². The summed E-state index contributed by atoms with van der Waals surface area (Å²) in [6.07, 6.45) is 77.6. The number of unbranched alkanes of at least 4 members (excludes halogenated alkanes) is 2. The largest absolute Gasteiger partial charge is 0.462 e. The van der Waals surface area contributed by atoms with Crippen LogP contribution in [0.3, 0.4) is 0 Å². The summed E-state index contributed by atoms with van der Waals surface area (Å²) in [5.41, 5.74) is 0. The number of rotatable bonds is 45. The van der Waals surface area contributed by atoms with Gasteiger partial charge in [-0.3, -0.25) is 14.4 Å². The zero-order chi connectivity index (χ0) is 56.0. The summed E-state index contributed by atoms with van der Waals surface area (Å²) in [5.74, 6) is -3.27. The molecule has 0 N–H and O–H groups in total. The molecule has 390 valence electrons. The third kappa shape index (κ3) is 55.1. The number of ether oxygens (including phenoxy) is 3. The molecule has 0 fully saturated rings. The van der Waals surface area contributed by atoms with Crippen LogP contribution in [-0.2, 0) is 28.6 Å². The normalized spacial score (nSPS) is 14.9. The summed E-state index contributed by atoms with van der Waals surface area (Å²) >= 11 is 0. The lowest BCUT2D eigenvalue weighted by molar-refractivity contribution is -0.166. The standard InChI is InChI=1S/C65H94O6/c1-4-7-10-13-16-19-22-25-28-31-32-35-38-41-44-47-50-53-56-59-65(68)71-62(60-69-63(66)57-54-51-48-45-42-39-36-33-29-26-23-20-17-14-11-8-5-2)61-70-64(67)58-55-52-49-46-43-40-37-34-30-27-24-21-18-15-12-9-6-3/h7-12,16-21,25-30,32,35-37,39-41,44-46,48-50,53,62H,4-6,13-15,22-24,31,33-34,38,42-43,47,51-52,54-61H2,1-3H3/b10-7-,11-8-,12-9-,19-16-,20-17-,21-18-,28-25-,29-26-,30-27-,35-32-,39-36-,40-37-,44-41-,48-45-,49-46-,53-50-/i60D2,61D2,62D. The van der Waals surface area contributed by atoms with Gasteiger partial charge in [-0.2, -0.15) is 0 Å². The lowest BCUT2D eigenvalue weighted by Crippen LogP contribution is -2.30. The molecule has 0 heterocycles. The first-order valence-electron chi connectivity index (χ1n) is 28.9. The van der Waals surface area contributed by atoms with Gasteiger partial charge in [0.15, 0.2) is 6.08 Å². The van der Waals surface area contributed by atoms with E-state index in [4.69, 9.17) is 21.1 Å². The van der Waals surface area contributed by atoms with Gasteiger partial charge >= 0.3 is 17.9 Å². The van der Waals surface area contributed by atoms with Crippen molar-refractivity contribution in [1.29, 1.82) is 0 Å². The summed E-state index contributed by atoms with van der Waals surface area (Å²) in [7, 11) is 0. The summed E-state index contributed by atoms with van der Waals surface area (Å²) in [4.78, 5) is 39.0. The van der Waals surface area contributed by atoms with Gasteiger partial charge in [-0.15, -0.1) is 0 Å². The van der Waals surface area contributed by atoms with Gasteiger partial charge in [0.25, 0.3) is 0 Å². The molecular weight excluding hydrogens is 877 g/mol. The Bertz CT molecular complexity index is 1920. The van der Waals surface area contributed by atoms with E-state index in [0.717, 1.165) is 83.5 Å². The van der Waals surface area contributed by atoms with Crippen molar-refractivity contribution in [2.45, 2.75) is 181 Å². The summed E-state index contributed by atoms with van der Waals surface area (Å²) in [6, 6.07) is 0. The highest BCUT2D eigenvalue weighted by Crippen LogP contribution is 2.08. The predicted molar refractivity (Wildman–Crippen MR) is 306 cm³/mol. The number of hydrogen-bond donors (Lipinski definition) is 0. The second-order valence-corrected chi connectivity index (χ2v) is 16.1. The first-order chi connectivity index (χ1) is 36.9. The van der Waals surface area contributed by atoms with Crippen molar-refractivity contribution in [3.8, 4) is 0 Å². The van der Waals surface area contributed by atoms with E-state index in [2.05, 4.69) is 154 Å². The number of hydrogen-bond acceptors (Lipinski definition) is 6. The molecule has 0 rings (SSSR count). The van der Waals surface area contributed by atoms with Gasteiger partial charge in [0.2, 0.25) is 0 Å². The Labute approximate surface area is 440 Å². The number of carbonyl (C=O) groups excluding carboxylic acids is 3. The average Bonchev–Trinajstić information content (AvgIpc) is 3.38. The molecule has 0 saturated heterocycles. The molecule has 0 spiro atoms. The number of carbonyl (C=O) groups is 3. The van der Waals surface area contributed by atoms with Crippen molar-refractivity contribution in [2.24, 2.45) is 0 Å². The molecule has 0 unspecified atom stereocenters. The quantitative estimate of drug-likeness (QED) is 0.0262. The third-order valence-corrected chi connectivity index (χ3v) is 9.66. The molecule has 0 radical (unpaired) electrons. The van der Waals surface area contributed by atoms with E-state index < -0.39 is 37.1 Å². The average molecular weight is 976 g/mol. The Morgan fingerprint density at radius 1 is 0.324 bits per heavy atom. The van der Waals surface area contributed by atoms with Crippen LogP contribution in [0, 0.1) is 0 Å². The van der Waals surface area contributed by atoms with E-state index in [9.17, 15) is 14.4 Å². The van der Waals surface area contributed by atoms with E-state index in [1.54, 1.807) is 6.08 Å². The Hall–Kier alpha value is -5.75. The predicted octanol–water partition coefficient (Wildman–Crippen LogP) is 18.3. The summed E-state index contributed by atoms with van der Waals surface area (Å²) < 4.78 is 58.6. The van der Waals surface area contributed by atoms with Crippen LogP contribution in [0.15, 0.2) is 194 Å². The molecule has 0 aliphatic carbocycles. The lowest BCUT2D eigenvalue weighted by Gasteiger charge is -2.18. The van der Waals surface area contributed by atoms with E-state index in [-0.39, 0.29) is 38.5 Å². The fourth-order valence-corrected chi connectivity index (χ4v) is 5.84. The second kappa shape index (κ2) is 56.8. The number of allylic oxidation sites excluding steroid dienone is 32. The minimum atomic E-state index is -3.60. The fourth-order valence-electron chi connectivity index (χ4n) is 5.84. The molecule has 0 aromatic rings. The molecule has 0 amide bonds. The highest BCUT2D eigenvalue weighted by molar-refractivity contribution is 5.71. The van der Waals surface area contributed by atoms with E-state index >= 15 is 0 Å². The van der Waals surface area contributed by atoms with E-state index in [1.165, 1.54) is 0 Å². The van der Waals surface area contributed by atoms with E-state index in [1.807, 2.05) is 54.7 Å². The van der Waals surface area contributed by atoms with Crippen LogP contribution in [0.4, 0.5) is 0 Å². The minimum absolute atomic E-state index is 0.150. The van der Waals surface area contributed by atoms with E-state index in [0.29, 0.717) is 32.1 Å². The maximum atomic E-state index is 13.1. The third-order valence-electron chi connectivity index (χ3n) is 9.66.